The van der Waals surface area contributed by atoms with E-state index in [9.17, 15) is 9.59 Å². The molecule has 2 N–H and O–H groups in total. The van der Waals surface area contributed by atoms with Gasteiger partial charge in [0.25, 0.3) is 0 Å². The molecule has 9 nitrogen and oxygen atoms in total. The maximum absolute atomic E-state index is 11.7. The zero-order chi connectivity index (χ0) is 20.6. The van der Waals surface area contributed by atoms with Gasteiger partial charge in [-0.25, -0.2) is 9.59 Å². The molecule has 0 saturated carbocycles. The van der Waals surface area contributed by atoms with Gasteiger partial charge in [0.05, 0.1) is 31.0 Å². The Hall–Kier alpha value is -4.01. The standard InChI is InChI=1S/C20H19N5O4/c1-3-29-19(27)13-7-9-15(10-8-13)22-17-12-21-25-20(24-17)23-16-6-4-5-14(11-16)18(26)28-2/h4-12H,3H2,1-2H3,(H2,22,23,24,25). The number of aromatic nitrogens is 3. The third-order valence-corrected chi connectivity index (χ3v) is 3.77. The average Bonchev–Trinajstić information content (AvgIpc) is 2.74. The van der Waals surface area contributed by atoms with E-state index in [0.717, 1.165) is 5.69 Å². The smallest absolute Gasteiger partial charge is 0.338 e. The number of benzene rings is 2. The van der Waals surface area contributed by atoms with Crippen molar-refractivity contribution in [3.8, 4) is 0 Å². The number of carbonyl (C=O) groups excluding carboxylic acids is 2. The van der Waals surface area contributed by atoms with Gasteiger partial charge in [-0.05, 0) is 49.4 Å². The number of nitrogens with one attached hydrogen (secondary N) is 2. The number of anilines is 4. The lowest BCUT2D eigenvalue weighted by molar-refractivity contribution is 0.0525. The molecule has 0 radical (unpaired) electrons. The second-order valence-electron chi connectivity index (χ2n) is 5.79. The highest BCUT2D eigenvalue weighted by atomic mass is 16.5. The summed E-state index contributed by atoms with van der Waals surface area (Å²) in [7, 11) is 1.32. The van der Waals surface area contributed by atoms with Gasteiger partial charge in [-0.15, -0.1) is 5.10 Å². The van der Waals surface area contributed by atoms with E-state index >= 15 is 0 Å². The van der Waals surface area contributed by atoms with Crippen LogP contribution in [0, 0.1) is 0 Å². The van der Waals surface area contributed by atoms with Crippen LogP contribution in [0.4, 0.5) is 23.1 Å². The number of esters is 2. The Morgan fingerprint density at radius 1 is 0.966 bits per heavy atom. The van der Waals surface area contributed by atoms with Gasteiger partial charge in [0.15, 0.2) is 5.82 Å². The molecular weight excluding hydrogens is 374 g/mol. The molecule has 9 heteroatoms. The maximum Gasteiger partial charge on any atom is 0.338 e. The third-order valence-electron chi connectivity index (χ3n) is 3.77. The fourth-order valence-electron chi connectivity index (χ4n) is 2.44. The van der Waals surface area contributed by atoms with Gasteiger partial charge >= 0.3 is 11.9 Å². The van der Waals surface area contributed by atoms with Crippen molar-refractivity contribution in [2.24, 2.45) is 0 Å². The highest BCUT2D eigenvalue weighted by Gasteiger charge is 2.08. The number of rotatable bonds is 7. The van der Waals surface area contributed by atoms with Crippen LogP contribution in [-0.2, 0) is 9.47 Å². The van der Waals surface area contributed by atoms with Crippen LogP contribution in [0.1, 0.15) is 27.6 Å². The molecule has 2 aromatic carbocycles. The predicted molar refractivity (Wildman–Crippen MR) is 107 cm³/mol. The fraction of sp³-hybridized carbons (Fsp3) is 0.150. The van der Waals surface area contributed by atoms with E-state index in [-0.39, 0.29) is 11.9 Å². The maximum atomic E-state index is 11.7. The molecular formula is C20H19N5O4. The first-order valence-corrected chi connectivity index (χ1v) is 8.78. The zero-order valence-corrected chi connectivity index (χ0v) is 15.9. The second-order valence-corrected chi connectivity index (χ2v) is 5.79. The number of hydrogen-bond acceptors (Lipinski definition) is 9. The first kappa shape index (κ1) is 19.7. The average molecular weight is 393 g/mol. The van der Waals surface area contributed by atoms with Crippen molar-refractivity contribution in [3.05, 3.63) is 65.9 Å². The first-order chi connectivity index (χ1) is 14.1. The minimum atomic E-state index is -0.436. The number of nitrogens with zero attached hydrogens (tertiary/aromatic N) is 3. The molecule has 148 valence electrons. The van der Waals surface area contributed by atoms with Gasteiger partial charge in [-0.1, -0.05) is 6.07 Å². The van der Waals surface area contributed by atoms with Crippen LogP contribution in [0.25, 0.3) is 0 Å². The van der Waals surface area contributed by atoms with Gasteiger partial charge in [0.1, 0.15) is 0 Å². The summed E-state index contributed by atoms with van der Waals surface area (Å²) in [6.45, 7) is 2.08. The molecule has 1 heterocycles. The zero-order valence-electron chi connectivity index (χ0n) is 15.9. The van der Waals surface area contributed by atoms with Crippen LogP contribution in [0.15, 0.2) is 54.7 Å². The topological polar surface area (TPSA) is 115 Å². The molecule has 3 aromatic rings. The van der Waals surface area contributed by atoms with Gasteiger partial charge in [0, 0.05) is 11.4 Å². The van der Waals surface area contributed by atoms with E-state index < -0.39 is 5.97 Å². The molecule has 0 aliphatic rings. The summed E-state index contributed by atoms with van der Waals surface area (Å²) in [5.74, 6) is -0.103. The summed E-state index contributed by atoms with van der Waals surface area (Å²) in [4.78, 5) is 27.7. The Morgan fingerprint density at radius 2 is 1.76 bits per heavy atom. The minimum absolute atomic E-state index is 0.250. The van der Waals surface area contributed by atoms with Crippen molar-refractivity contribution < 1.29 is 19.1 Å². The van der Waals surface area contributed by atoms with Gasteiger partial charge in [0.2, 0.25) is 5.95 Å². The SMILES string of the molecule is CCOC(=O)c1ccc(Nc2cnnc(Nc3cccc(C(=O)OC)c3)n2)cc1. The first-order valence-electron chi connectivity index (χ1n) is 8.78. The molecule has 1 aromatic heterocycles. The van der Waals surface area contributed by atoms with Crippen molar-refractivity contribution in [1.82, 2.24) is 15.2 Å². The lowest BCUT2D eigenvalue weighted by atomic mass is 10.2. The third kappa shape index (κ3) is 5.25. The van der Waals surface area contributed by atoms with Gasteiger partial charge in [-0.2, -0.15) is 10.1 Å². The summed E-state index contributed by atoms with van der Waals surface area (Å²) in [5, 5.41) is 13.9. The largest absolute Gasteiger partial charge is 0.465 e. The molecule has 0 bridgehead atoms. The molecule has 0 fully saturated rings. The number of methoxy groups -OCH3 is 1. The normalized spacial score (nSPS) is 10.1. The number of carbonyl (C=O) groups is 2. The molecule has 0 saturated heterocycles. The lowest BCUT2D eigenvalue weighted by Crippen LogP contribution is -2.05. The van der Waals surface area contributed by atoms with E-state index in [1.54, 1.807) is 55.5 Å². The van der Waals surface area contributed by atoms with Crippen LogP contribution < -0.4 is 10.6 Å². The summed E-state index contributed by atoms with van der Waals surface area (Å²) in [5.41, 5.74) is 2.20. The molecule has 0 spiro atoms. The quantitative estimate of drug-likeness (QED) is 0.583. The molecule has 29 heavy (non-hydrogen) atoms. The minimum Gasteiger partial charge on any atom is -0.465 e. The van der Waals surface area contributed by atoms with Gasteiger partial charge in [-0.3, -0.25) is 0 Å². The summed E-state index contributed by atoms with van der Waals surface area (Å²) < 4.78 is 9.68. The van der Waals surface area contributed by atoms with E-state index in [4.69, 9.17) is 9.47 Å². The van der Waals surface area contributed by atoms with E-state index in [1.165, 1.54) is 13.3 Å². The Balaban J connectivity index is 1.70. The molecule has 0 aliphatic heterocycles. The van der Waals surface area contributed by atoms with Crippen LogP contribution in [0.3, 0.4) is 0 Å². The van der Waals surface area contributed by atoms with Crippen LogP contribution in [0.5, 0.6) is 0 Å². The van der Waals surface area contributed by atoms with E-state index in [0.29, 0.717) is 29.2 Å². The van der Waals surface area contributed by atoms with Crippen LogP contribution in [0.2, 0.25) is 0 Å². The highest BCUT2D eigenvalue weighted by molar-refractivity contribution is 5.90. The molecule has 0 aliphatic carbocycles. The Bertz CT molecular complexity index is 1010. The fourth-order valence-corrected chi connectivity index (χ4v) is 2.44. The highest BCUT2D eigenvalue weighted by Crippen LogP contribution is 2.18. The molecule has 0 amide bonds. The van der Waals surface area contributed by atoms with Crippen molar-refractivity contribution in [2.75, 3.05) is 24.4 Å². The summed E-state index contributed by atoms with van der Waals surface area (Å²) in [6.07, 6.45) is 1.47. The van der Waals surface area contributed by atoms with Crippen molar-refractivity contribution in [3.63, 3.8) is 0 Å². The number of hydrogen-bond donors (Lipinski definition) is 2. The van der Waals surface area contributed by atoms with Crippen LogP contribution in [-0.4, -0.2) is 40.8 Å². The van der Waals surface area contributed by atoms with Crippen molar-refractivity contribution >= 4 is 35.1 Å². The predicted octanol–water partition coefficient (Wildman–Crippen LogP) is 3.32. The Kier molecular flexibility index (Phi) is 6.31. The molecule has 0 unspecified atom stereocenters. The monoisotopic (exact) mass is 393 g/mol. The molecule has 3 rings (SSSR count). The second kappa shape index (κ2) is 9.27. The Labute approximate surface area is 167 Å². The van der Waals surface area contributed by atoms with E-state index in [1.807, 2.05) is 0 Å². The summed E-state index contributed by atoms with van der Waals surface area (Å²) >= 11 is 0. The van der Waals surface area contributed by atoms with Crippen molar-refractivity contribution in [2.45, 2.75) is 6.92 Å². The van der Waals surface area contributed by atoms with Crippen molar-refractivity contribution in [1.29, 1.82) is 0 Å². The van der Waals surface area contributed by atoms with Crippen LogP contribution >= 0.6 is 0 Å². The van der Waals surface area contributed by atoms with E-state index in [2.05, 4.69) is 25.8 Å². The lowest BCUT2D eigenvalue weighted by Gasteiger charge is -2.09. The Morgan fingerprint density at radius 3 is 2.48 bits per heavy atom. The molecule has 0 atom stereocenters. The van der Waals surface area contributed by atoms with Gasteiger partial charge < -0.3 is 20.1 Å². The summed E-state index contributed by atoms with van der Waals surface area (Å²) in [6, 6.07) is 13.6. The number of ether oxygens (including phenoxy) is 2.